The van der Waals surface area contributed by atoms with Crippen molar-refractivity contribution in [1.29, 1.82) is 0 Å². The Bertz CT molecular complexity index is 1280. The van der Waals surface area contributed by atoms with Gasteiger partial charge >= 0.3 is 0 Å². The summed E-state index contributed by atoms with van der Waals surface area (Å²) in [5, 5.41) is -0.157. The summed E-state index contributed by atoms with van der Waals surface area (Å²) in [6.07, 6.45) is 7.19. The Labute approximate surface area is 167 Å². The second-order valence-corrected chi connectivity index (χ2v) is 8.15. The molecule has 0 aliphatic heterocycles. The zero-order chi connectivity index (χ0) is 20.4. The smallest absolute Gasteiger partial charge is 0.225 e. The van der Waals surface area contributed by atoms with Crippen LogP contribution in [0.25, 0.3) is 22.4 Å². The molecule has 0 atom stereocenters. The number of benzene rings is 1. The van der Waals surface area contributed by atoms with E-state index in [9.17, 15) is 12.8 Å². The highest BCUT2D eigenvalue weighted by Gasteiger charge is 2.24. The Morgan fingerprint density at radius 3 is 2.38 bits per heavy atom. The number of pyridine rings is 2. The number of hydrogen-bond donors (Lipinski definition) is 0. The lowest BCUT2D eigenvalue weighted by Gasteiger charge is -2.11. The van der Waals surface area contributed by atoms with Crippen molar-refractivity contribution in [2.24, 2.45) is 0 Å². The van der Waals surface area contributed by atoms with E-state index in [1.807, 2.05) is 0 Å². The first-order chi connectivity index (χ1) is 14.0. The first-order valence-electron chi connectivity index (χ1n) is 8.66. The van der Waals surface area contributed by atoms with Gasteiger partial charge < -0.3 is 0 Å². The molecule has 0 fully saturated rings. The molecule has 6 nitrogen and oxygen atoms in total. The predicted octanol–water partition coefficient (Wildman–Crippen LogP) is 3.88. The van der Waals surface area contributed by atoms with Gasteiger partial charge in [-0.25, -0.2) is 17.8 Å². The van der Waals surface area contributed by atoms with Crippen LogP contribution in [0, 0.1) is 12.7 Å². The molecule has 29 heavy (non-hydrogen) atoms. The Morgan fingerprint density at radius 1 is 0.862 bits per heavy atom. The Balaban J connectivity index is 1.81. The van der Waals surface area contributed by atoms with Crippen LogP contribution in [0.1, 0.15) is 5.69 Å². The van der Waals surface area contributed by atoms with Gasteiger partial charge in [0.1, 0.15) is 5.82 Å². The zero-order valence-electron chi connectivity index (χ0n) is 15.3. The summed E-state index contributed by atoms with van der Waals surface area (Å²) in [4.78, 5) is 16.3. The molecular weight excluding hydrogens is 391 g/mol. The number of aryl methyl sites for hydroxylation is 1. The average Bonchev–Trinajstić information content (AvgIpc) is 2.75. The SMILES string of the molecule is Cc1cnc(-c2ccc(-c3cccnc3S(=O)(=O)c3cccnc3)cc2F)cn1. The highest BCUT2D eigenvalue weighted by atomic mass is 32.2. The maximum atomic E-state index is 14.8. The summed E-state index contributed by atoms with van der Waals surface area (Å²) in [5.74, 6) is -0.533. The minimum Gasteiger partial charge on any atom is -0.263 e. The number of sulfone groups is 1. The third-order valence-electron chi connectivity index (χ3n) is 4.31. The molecule has 1 aromatic carbocycles. The van der Waals surface area contributed by atoms with Gasteiger partial charge in [0, 0.05) is 35.9 Å². The van der Waals surface area contributed by atoms with Crippen LogP contribution in [-0.2, 0) is 9.84 Å². The van der Waals surface area contributed by atoms with Gasteiger partial charge in [0.15, 0.2) is 5.03 Å². The van der Waals surface area contributed by atoms with Crippen molar-refractivity contribution < 1.29 is 12.8 Å². The lowest BCUT2D eigenvalue weighted by Crippen LogP contribution is -2.07. The van der Waals surface area contributed by atoms with Crippen molar-refractivity contribution in [3.63, 3.8) is 0 Å². The van der Waals surface area contributed by atoms with Crippen LogP contribution in [0.5, 0.6) is 0 Å². The summed E-state index contributed by atoms with van der Waals surface area (Å²) in [6, 6.07) is 10.6. The molecule has 0 aliphatic carbocycles. The fraction of sp³-hybridized carbons (Fsp3) is 0.0476. The molecule has 0 saturated carbocycles. The second-order valence-electron chi connectivity index (χ2n) is 6.29. The van der Waals surface area contributed by atoms with Gasteiger partial charge in [-0.2, -0.15) is 0 Å². The van der Waals surface area contributed by atoms with Gasteiger partial charge in [0.2, 0.25) is 9.84 Å². The highest BCUT2D eigenvalue weighted by Crippen LogP contribution is 2.32. The monoisotopic (exact) mass is 406 g/mol. The number of aromatic nitrogens is 4. The molecule has 0 radical (unpaired) electrons. The Kier molecular flexibility index (Phi) is 4.85. The van der Waals surface area contributed by atoms with Gasteiger partial charge in [-0.15, -0.1) is 0 Å². The first kappa shape index (κ1) is 18.8. The van der Waals surface area contributed by atoms with E-state index < -0.39 is 15.7 Å². The molecule has 4 aromatic rings. The number of nitrogens with zero attached hydrogens (tertiary/aromatic N) is 4. The number of hydrogen-bond acceptors (Lipinski definition) is 6. The lowest BCUT2D eigenvalue weighted by molar-refractivity contribution is 0.592. The van der Waals surface area contributed by atoms with E-state index in [4.69, 9.17) is 0 Å². The standard InChI is InChI=1S/C21H15FN4O2S/c1-14-11-26-20(13-25-14)18-7-6-15(10-19(18)22)17-5-3-9-24-21(17)29(27,28)16-4-2-8-23-12-16/h2-13H,1H3. The number of rotatable bonds is 4. The van der Waals surface area contributed by atoms with Crippen LogP contribution in [0.4, 0.5) is 4.39 Å². The maximum Gasteiger partial charge on any atom is 0.225 e. The molecule has 0 spiro atoms. The molecule has 8 heteroatoms. The third-order valence-corrected chi connectivity index (χ3v) is 6.00. The normalized spacial score (nSPS) is 11.4. The molecule has 144 valence electrons. The average molecular weight is 406 g/mol. The van der Waals surface area contributed by atoms with E-state index in [0.717, 1.165) is 5.69 Å². The molecule has 4 rings (SSSR count). The van der Waals surface area contributed by atoms with Gasteiger partial charge in [-0.05, 0) is 48.9 Å². The quantitative estimate of drug-likeness (QED) is 0.511. The van der Waals surface area contributed by atoms with Gasteiger partial charge in [0.05, 0.1) is 22.5 Å². The number of halogens is 1. The van der Waals surface area contributed by atoms with Crippen LogP contribution in [0.2, 0.25) is 0 Å². The molecule has 3 heterocycles. The van der Waals surface area contributed by atoms with Crippen molar-refractivity contribution in [1.82, 2.24) is 19.9 Å². The van der Waals surface area contributed by atoms with Crippen molar-refractivity contribution in [3.8, 4) is 22.4 Å². The minimum atomic E-state index is -3.92. The van der Waals surface area contributed by atoms with E-state index in [1.54, 1.807) is 37.4 Å². The second kappa shape index (κ2) is 7.48. The van der Waals surface area contributed by atoms with Crippen molar-refractivity contribution in [3.05, 3.63) is 85.0 Å². The molecule has 0 bridgehead atoms. The zero-order valence-corrected chi connectivity index (χ0v) is 16.1. The summed E-state index contributed by atoms with van der Waals surface area (Å²) < 4.78 is 40.9. The third kappa shape index (κ3) is 3.62. The summed E-state index contributed by atoms with van der Waals surface area (Å²) in [6.45, 7) is 1.79. The van der Waals surface area contributed by atoms with Crippen LogP contribution in [0.15, 0.2) is 83.4 Å². The van der Waals surface area contributed by atoms with Crippen molar-refractivity contribution >= 4 is 9.84 Å². The summed E-state index contributed by atoms with van der Waals surface area (Å²) in [5.41, 5.74) is 2.10. The molecule has 0 unspecified atom stereocenters. The van der Waals surface area contributed by atoms with Crippen molar-refractivity contribution in [2.45, 2.75) is 16.8 Å². The largest absolute Gasteiger partial charge is 0.263 e. The van der Waals surface area contributed by atoms with Crippen LogP contribution >= 0.6 is 0 Å². The summed E-state index contributed by atoms with van der Waals surface area (Å²) >= 11 is 0. The molecule has 3 aromatic heterocycles. The van der Waals surface area contributed by atoms with Crippen molar-refractivity contribution in [2.75, 3.05) is 0 Å². The molecule has 0 amide bonds. The molecular formula is C21H15FN4O2S. The van der Waals surface area contributed by atoms with Crippen LogP contribution < -0.4 is 0 Å². The van der Waals surface area contributed by atoms with E-state index >= 15 is 0 Å². The van der Waals surface area contributed by atoms with E-state index in [0.29, 0.717) is 16.8 Å². The molecule has 0 saturated heterocycles. The fourth-order valence-corrected chi connectivity index (χ4v) is 4.22. The Hall–Kier alpha value is -3.52. The molecule has 0 N–H and O–H groups in total. The summed E-state index contributed by atoms with van der Waals surface area (Å²) in [7, 11) is -3.92. The lowest BCUT2D eigenvalue weighted by atomic mass is 10.0. The highest BCUT2D eigenvalue weighted by molar-refractivity contribution is 7.91. The van der Waals surface area contributed by atoms with E-state index in [1.165, 1.54) is 43.0 Å². The topological polar surface area (TPSA) is 85.7 Å². The van der Waals surface area contributed by atoms with Gasteiger partial charge in [0.25, 0.3) is 0 Å². The predicted molar refractivity (Wildman–Crippen MR) is 105 cm³/mol. The maximum absolute atomic E-state index is 14.8. The minimum absolute atomic E-state index is 0.0203. The van der Waals surface area contributed by atoms with E-state index in [-0.39, 0.29) is 15.5 Å². The van der Waals surface area contributed by atoms with E-state index in [2.05, 4.69) is 19.9 Å². The fourth-order valence-electron chi connectivity index (χ4n) is 2.86. The van der Waals surface area contributed by atoms with Crippen LogP contribution in [-0.4, -0.2) is 28.4 Å². The van der Waals surface area contributed by atoms with Gasteiger partial charge in [-0.3, -0.25) is 15.0 Å². The first-order valence-corrected chi connectivity index (χ1v) is 10.1. The molecule has 0 aliphatic rings. The Morgan fingerprint density at radius 2 is 1.69 bits per heavy atom. The van der Waals surface area contributed by atoms with Gasteiger partial charge in [-0.1, -0.05) is 6.07 Å². The van der Waals surface area contributed by atoms with Crippen LogP contribution in [0.3, 0.4) is 0 Å².